The summed E-state index contributed by atoms with van der Waals surface area (Å²) in [5, 5.41) is 1.76. The minimum absolute atomic E-state index is 0.221. The van der Waals surface area contributed by atoms with Crippen molar-refractivity contribution in [2.75, 3.05) is 0 Å². The van der Waals surface area contributed by atoms with E-state index in [1.807, 2.05) is 41.1 Å². The summed E-state index contributed by atoms with van der Waals surface area (Å²) >= 11 is 6.14. The van der Waals surface area contributed by atoms with E-state index in [2.05, 4.69) is 0 Å². The van der Waals surface area contributed by atoms with Gasteiger partial charge in [-0.1, -0.05) is 29.8 Å². The maximum absolute atomic E-state index is 13.3. The van der Waals surface area contributed by atoms with Crippen LogP contribution >= 0.6 is 11.6 Å². The second-order valence-corrected chi connectivity index (χ2v) is 4.65. The van der Waals surface area contributed by atoms with Gasteiger partial charge in [0.2, 0.25) is 0 Å². The topological polar surface area (TPSA) is 4.93 Å². The predicted octanol–water partition coefficient (Wildman–Crippen LogP) is 4.48. The summed E-state index contributed by atoms with van der Waals surface area (Å²) in [5.41, 5.74) is 1.91. The Balaban J connectivity index is 2.05. The largest absolute Gasteiger partial charge is 0.343 e. The van der Waals surface area contributed by atoms with E-state index < -0.39 is 0 Å². The summed E-state index contributed by atoms with van der Waals surface area (Å²) in [7, 11) is 0. The molecule has 2 aromatic carbocycles. The van der Waals surface area contributed by atoms with Gasteiger partial charge in [0.05, 0.1) is 5.52 Å². The van der Waals surface area contributed by atoms with Crippen LogP contribution in [0.25, 0.3) is 10.9 Å². The molecule has 0 fully saturated rings. The van der Waals surface area contributed by atoms with Gasteiger partial charge in [0.1, 0.15) is 5.82 Å². The molecule has 0 N–H and O–H groups in total. The third-order valence-corrected chi connectivity index (χ3v) is 3.40. The minimum Gasteiger partial charge on any atom is -0.343 e. The molecule has 0 unspecified atom stereocenters. The van der Waals surface area contributed by atoms with Crippen LogP contribution in [0.1, 0.15) is 5.56 Å². The van der Waals surface area contributed by atoms with Crippen molar-refractivity contribution >= 4 is 22.5 Å². The highest BCUT2D eigenvalue weighted by Crippen LogP contribution is 2.21. The van der Waals surface area contributed by atoms with Crippen LogP contribution in [0.15, 0.2) is 54.7 Å². The second-order valence-electron chi connectivity index (χ2n) is 4.24. The van der Waals surface area contributed by atoms with Crippen LogP contribution in [0.3, 0.4) is 0 Å². The van der Waals surface area contributed by atoms with E-state index in [9.17, 15) is 4.39 Å². The van der Waals surface area contributed by atoms with Crippen molar-refractivity contribution < 1.29 is 4.39 Å². The van der Waals surface area contributed by atoms with Crippen molar-refractivity contribution in [2.24, 2.45) is 0 Å². The summed E-state index contributed by atoms with van der Waals surface area (Å²) in [4.78, 5) is 0. The smallest absolute Gasteiger partial charge is 0.125 e. The molecule has 1 heterocycles. The predicted molar refractivity (Wildman–Crippen MR) is 72.5 cm³/mol. The Morgan fingerprint density at radius 2 is 1.89 bits per heavy atom. The van der Waals surface area contributed by atoms with E-state index in [-0.39, 0.29) is 5.82 Å². The molecule has 18 heavy (non-hydrogen) atoms. The lowest BCUT2D eigenvalue weighted by atomic mass is 10.2. The molecule has 3 heteroatoms. The lowest BCUT2D eigenvalue weighted by molar-refractivity contribution is 0.628. The van der Waals surface area contributed by atoms with Crippen LogP contribution in [-0.2, 0) is 6.54 Å². The standard InChI is InChI=1S/C15H11ClFN/c16-14-4-2-1-3-12(14)10-18-8-7-11-5-6-13(17)9-15(11)18/h1-9H,10H2. The SMILES string of the molecule is Fc1ccc2ccn(Cc3ccccc3Cl)c2c1. The first-order chi connectivity index (χ1) is 8.74. The Morgan fingerprint density at radius 3 is 2.72 bits per heavy atom. The molecule has 0 aliphatic rings. The first-order valence-corrected chi connectivity index (χ1v) is 6.09. The first-order valence-electron chi connectivity index (χ1n) is 5.72. The molecule has 90 valence electrons. The Bertz CT molecular complexity index is 703. The molecular weight excluding hydrogens is 249 g/mol. The number of hydrogen-bond donors (Lipinski definition) is 0. The van der Waals surface area contributed by atoms with Crippen LogP contribution in [0.4, 0.5) is 4.39 Å². The average molecular weight is 260 g/mol. The number of nitrogens with zero attached hydrogens (tertiary/aromatic N) is 1. The fourth-order valence-electron chi connectivity index (χ4n) is 2.11. The van der Waals surface area contributed by atoms with Gasteiger partial charge in [-0.15, -0.1) is 0 Å². The molecule has 0 aliphatic heterocycles. The van der Waals surface area contributed by atoms with Crippen LogP contribution in [-0.4, -0.2) is 4.57 Å². The molecule has 3 rings (SSSR count). The Morgan fingerprint density at radius 1 is 1.06 bits per heavy atom. The van der Waals surface area contributed by atoms with E-state index in [1.54, 1.807) is 12.1 Å². The maximum atomic E-state index is 13.3. The summed E-state index contributed by atoms with van der Waals surface area (Å²) < 4.78 is 15.3. The highest BCUT2D eigenvalue weighted by atomic mass is 35.5. The molecule has 0 atom stereocenters. The molecule has 0 spiro atoms. The summed E-state index contributed by atoms with van der Waals surface area (Å²) in [6.45, 7) is 0.645. The zero-order chi connectivity index (χ0) is 12.5. The van der Waals surface area contributed by atoms with Gasteiger partial charge in [-0.05, 0) is 41.3 Å². The van der Waals surface area contributed by atoms with Gasteiger partial charge in [0.15, 0.2) is 0 Å². The highest BCUT2D eigenvalue weighted by molar-refractivity contribution is 6.31. The van der Waals surface area contributed by atoms with Gasteiger partial charge in [-0.25, -0.2) is 4.39 Å². The minimum atomic E-state index is -0.221. The van der Waals surface area contributed by atoms with Gasteiger partial charge in [-0.3, -0.25) is 0 Å². The van der Waals surface area contributed by atoms with Crippen LogP contribution in [0.5, 0.6) is 0 Å². The highest BCUT2D eigenvalue weighted by Gasteiger charge is 2.05. The van der Waals surface area contributed by atoms with Crippen molar-refractivity contribution in [3.8, 4) is 0 Å². The third kappa shape index (κ3) is 2.00. The van der Waals surface area contributed by atoms with Gasteiger partial charge in [0, 0.05) is 17.8 Å². The van der Waals surface area contributed by atoms with E-state index in [1.165, 1.54) is 6.07 Å². The molecule has 0 bridgehead atoms. The van der Waals surface area contributed by atoms with E-state index >= 15 is 0 Å². The molecule has 3 aromatic rings. The van der Waals surface area contributed by atoms with Gasteiger partial charge in [0.25, 0.3) is 0 Å². The zero-order valence-electron chi connectivity index (χ0n) is 9.61. The number of halogens is 2. The summed E-state index contributed by atoms with van der Waals surface area (Å²) in [6, 6.07) is 14.5. The van der Waals surface area contributed by atoms with Crippen molar-refractivity contribution in [3.63, 3.8) is 0 Å². The lowest BCUT2D eigenvalue weighted by Crippen LogP contribution is -1.98. The Hall–Kier alpha value is -1.80. The second kappa shape index (κ2) is 4.46. The van der Waals surface area contributed by atoms with E-state index in [0.717, 1.165) is 21.5 Å². The molecule has 1 aromatic heterocycles. The van der Waals surface area contributed by atoms with Crippen molar-refractivity contribution in [2.45, 2.75) is 6.54 Å². The molecule has 0 aliphatic carbocycles. The van der Waals surface area contributed by atoms with E-state index in [4.69, 9.17) is 11.6 Å². The maximum Gasteiger partial charge on any atom is 0.125 e. The van der Waals surface area contributed by atoms with Crippen LogP contribution in [0.2, 0.25) is 5.02 Å². The Labute approximate surface area is 109 Å². The fourth-order valence-corrected chi connectivity index (χ4v) is 2.30. The molecule has 0 amide bonds. The normalized spacial score (nSPS) is 11.0. The van der Waals surface area contributed by atoms with Gasteiger partial charge in [-0.2, -0.15) is 0 Å². The van der Waals surface area contributed by atoms with Gasteiger partial charge >= 0.3 is 0 Å². The number of hydrogen-bond acceptors (Lipinski definition) is 0. The quantitative estimate of drug-likeness (QED) is 0.639. The van der Waals surface area contributed by atoms with Crippen LogP contribution < -0.4 is 0 Å². The molecule has 1 nitrogen and oxygen atoms in total. The lowest BCUT2D eigenvalue weighted by Gasteiger charge is -2.07. The van der Waals surface area contributed by atoms with Crippen molar-refractivity contribution in [1.29, 1.82) is 0 Å². The summed E-state index contributed by atoms with van der Waals surface area (Å²) in [5.74, 6) is -0.221. The first kappa shape index (κ1) is 11.3. The fraction of sp³-hybridized carbons (Fsp3) is 0.0667. The number of fused-ring (bicyclic) bond motifs is 1. The number of rotatable bonds is 2. The monoisotopic (exact) mass is 259 g/mol. The zero-order valence-corrected chi connectivity index (χ0v) is 10.4. The molecule has 0 saturated heterocycles. The molecular formula is C15H11ClFN. The molecule has 0 saturated carbocycles. The Kier molecular flexibility index (Phi) is 2.80. The van der Waals surface area contributed by atoms with Crippen LogP contribution in [0, 0.1) is 5.82 Å². The van der Waals surface area contributed by atoms with Gasteiger partial charge < -0.3 is 4.57 Å². The van der Waals surface area contributed by atoms with Crippen molar-refractivity contribution in [3.05, 3.63) is 71.1 Å². The number of aromatic nitrogens is 1. The number of benzene rings is 2. The third-order valence-electron chi connectivity index (χ3n) is 3.03. The summed E-state index contributed by atoms with van der Waals surface area (Å²) in [6.07, 6.45) is 1.95. The van der Waals surface area contributed by atoms with Crippen molar-refractivity contribution in [1.82, 2.24) is 4.57 Å². The average Bonchev–Trinajstić information content (AvgIpc) is 2.75. The molecule has 0 radical (unpaired) electrons. The van der Waals surface area contributed by atoms with E-state index in [0.29, 0.717) is 6.54 Å².